The minimum absolute atomic E-state index is 0.0794. The van der Waals surface area contributed by atoms with E-state index in [4.69, 9.17) is 0 Å². The first kappa shape index (κ1) is 15.7. The highest BCUT2D eigenvalue weighted by Gasteiger charge is 2.29. The van der Waals surface area contributed by atoms with Gasteiger partial charge in [-0.1, -0.05) is 0 Å². The van der Waals surface area contributed by atoms with E-state index in [0.717, 1.165) is 19.4 Å². The van der Waals surface area contributed by atoms with Crippen LogP contribution in [0.1, 0.15) is 29.6 Å². The fourth-order valence-corrected chi connectivity index (χ4v) is 2.26. The van der Waals surface area contributed by atoms with Gasteiger partial charge in [0.2, 0.25) is 5.82 Å². The Labute approximate surface area is 117 Å². The van der Waals surface area contributed by atoms with Gasteiger partial charge >= 0.3 is 0 Å². The van der Waals surface area contributed by atoms with Crippen molar-refractivity contribution in [1.29, 1.82) is 0 Å². The van der Waals surface area contributed by atoms with Gasteiger partial charge in [0.25, 0.3) is 5.91 Å². The topological polar surface area (TPSA) is 41.1 Å². The van der Waals surface area contributed by atoms with Crippen molar-refractivity contribution in [2.24, 2.45) is 0 Å². The van der Waals surface area contributed by atoms with E-state index in [2.05, 4.69) is 10.6 Å². The molecule has 2 rings (SSSR count). The molecule has 3 nitrogen and oxygen atoms in total. The Bertz CT molecular complexity index is 529. The number of hydrogen-bond acceptors (Lipinski definition) is 2. The zero-order valence-corrected chi connectivity index (χ0v) is 10.9. The van der Waals surface area contributed by atoms with Crippen LogP contribution >= 0.6 is 0 Å². The third-order valence-corrected chi connectivity index (χ3v) is 3.38. The predicted molar refractivity (Wildman–Crippen MR) is 64.2 cm³/mol. The Hall–Kier alpha value is -1.70. The molecule has 1 heterocycles. The van der Waals surface area contributed by atoms with Crippen molar-refractivity contribution in [3.05, 3.63) is 34.6 Å². The number of carbonyl (C=O) groups excluding carboxylic acids is 1. The van der Waals surface area contributed by atoms with Gasteiger partial charge in [-0.2, -0.15) is 0 Å². The molecule has 1 aliphatic heterocycles. The van der Waals surface area contributed by atoms with Crippen molar-refractivity contribution in [2.75, 3.05) is 13.1 Å². The quantitative estimate of drug-likeness (QED) is 0.509. The standard InChI is InChI=1S/C13H13F5N2O/c14-8-7(9(15)11(17)12(18)10(8)16)13(21)20-5-3-6-2-1-4-19-6/h6,19H,1-5H2,(H,20,21). The summed E-state index contributed by atoms with van der Waals surface area (Å²) in [5.41, 5.74) is -1.45. The average Bonchev–Trinajstić information content (AvgIpc) is 2.96. The molecule has 0 spiro atoms. The van der Waals surface area contributed by atoms with Crippen molar-refractivity contribution in [3.63, 3.8) is 0 Å². The third-order valence-electron chi connectivity index (χ3n) is 3.38. The van der Waals surface area contributed by atoms with Crippen LogP contribution in [0.25, 0.3) is 0 Å². The summed E-state index contributed by atoms with van der Waals surface area (Å²) in [6.07, 6.45) is 2.43. The largest absolute Gasteiger partial charge is 0.352 e. The molecular weight excluding hydrogens is 295 g/mol. The molecule has 1 aromatic carbocycles. The van der Waals surface area contributed by atoms with E-state index in [1.54, 1.807) is 0 Å². The van der Waals surface area contributed by atoms with Crippen LogP contribution in [-0.2, 0) is 0 Å². The van der Waals surface area contributed by atoms with E-state index in [-0.39, 0.29) is 12.6 Å². The lowest BCUT2D eigenvalue weighted by atomic mass is 10.1. The fourth-order valence-electron chi connectivity index (χ4n) is 2.26. The van der Waals surface area contributed by atoms with E-state index < -0.39 is 40.6 Å². The Morgan fingerprint density at radius 2 is 1.62 bits per heavy atom. The summed E-state index contributed by atoms with van der Waals surface area (Å²) in [5.74, 6) is -12.1. The summed E-state index contributed by atoms with van der Waals surface area (Å²) in [6, 6.07) is 0.182. The van der Waals surface area contributed by atoms with Gasteiger partial charge in [-0.15, -0.1) is 0 Å². The van der Waals surface area contributed by atoms with Crippen LogP contribution in [0.3, 0.4) is 0 Å². The zero-order chi connectivity index (χ0) is 15.6. The molecule has 1 atom stereocenters. The number of nitrogens with one attached hydrogen (secondary N) is 2. The highest BCUT2D eigenvalue weighted by atomic mass is 19.2. The van der Waals surface area contributed by atoms with Crippen molar-refractivity contribution in [1.82, 2.24) is 10.6 Å². The highest BCUT2D eigenvalue weighted by Crippen LogP contribution is 2.22. The predicted octanol–water partition coefficient (Wildman–Crippen LogP) is 2.25. The van der Waals surface area contributed by atoms with Crippen LogP contribution in [0.2, 0.25) is 0 Å². The Balaban J connectivity index is 2.08. The maximum atomic E-state index is 13.4. The van der Waals surface area contributed by atoms with E-state index in [1.807, 2.05) is 0 Å². The molecule has 1 saturated heterocycles. The summed E-state index contributed by atoms with van der Waals surface area (Å²) in [6.45, 7) is 0.937. The lowest BCUT2D eigenvalue weighted by Gasteiger charge is -2.12. The van der Waals surface area contributed by atoms with E-state index in [9.17, 15) is 26.7 Å². The van der Waals surface area contributed by atoms with Gasteiger partial charge < -0.3 is 10.6 Å². The van der Waals surface area contributed by atoms with Gasteiger partial charge in [0, 0.05) is 12.6 Å². The first-order chi connectivity index (χ1) is 9.93. The molecule has 1 amide bonds. The van der Waals surface area contributed by atoms with Gasteiger partial charge in [-0.05, 0) is 25.8 Å². The number of rotatable bonds is 4. The zero-order valence-electron chi connectivity index (χ0n) is 10.9. The highest BCUT2D eigenvalue weighted by molar-refractivity contribution is 5.94. The molecule has 2 N–H and O–H groups in total. The first-order valence-corrected chi connectivity index (χ1v) is 6.46. The van der Waals surface area contributed by atoms with Crippen molar-refractivity contribution < 1.29 is 26.7 Å². The molecule has 1 fully saturated rings. The summed E-state index contributed by atoms with van der Waals surface area (Å²) in [4.78, 5) is 11.6. The van der Waals surface area contributed by atoms with Gasteiger partial charge in [-0.3, -0.25) is 4.79 Å². The van der Waals surface area contributed by atoms with Crippen molar-refractivity contribution in [3.8, 4) is 0 Å². The monoisotopic (exact) mass is 308 g/mol. The lowest BCUT2D eigenvalue weighted by Crippen LogP contribution is -2.32. The van der Waals surface area contributed by atoms with E-state index in [1.165, 1.54) is 0 Å². The third kappa shape index (κ3) is 3.15. The van der Waals surface area contributed by atoms with Gasteiger partial charge in [0.15, 0.2) is 23.3 Å². The fraction of sp³-hybridized carbons (Fsp3) is 0.462. The van der Waals surface area contributed by atoms with Gasteiger partial charge in [0.05, 0.1) is 0 Å². The van der Waals surface area contributed by atoms with Crippen LogP contribution in [0.4, 0.5) is 22.0 Å². The molecule has 0 aliphatic carbocycles. The molecule has 8 heteroatoms. The van der Waals surface area contributed by atoms with Crippen molar-refractivity contribution >= 4 is 5.91 Å². The first-order valence-electron chi connectivity index (χ1n) is 6.46. The molecule has 116 valence electrons. The summed E-state index contributed by atoms with van der Waals surface area (Å²) < 4.78 is 65.6. The molecule has 1 unspecified atom stereocenters. The van der Waals surface area contributed by atoms with Crippen molar-refractivity contribution in [2.45, 2.75) is 25.3 Å². The van der Waals surface area contributed by atoms with Crippen LogP contribution in [-0.4, -0.2) is 25.0 Å². The molecule has 1 aliphatic rings. The second kappa shape index (κ2) is 6.38. The number of amides is 1. The Morgan fingerprint density at radius 3 is 2.14 bits per heavy atom. The van der Waals surface area contributed by atoms with Crippen LogP contribution in [0.15, 0.2) is 0 Å². The second-order valence-corrected chi connectivity index (χ2v) is 4.78. The molecule has 0 saturated carbocycles. The Morgan fingerprint density at radius 1 is 1.05 bits per heavy atom. The minimum atomic E-state index is -2.28. The van der Waals surface area contributed by atoms with E-state index >= 15 is 0 Å². The minimum Gasteiger partial charge on any atom is -0.352 e. The van der Waals surface area contributed by atoms with Gasteiger partial charge in [-0.25, -0.2) is 22.0 Å². The molecular formula is C13H13F5N2O. The molecule has 0 aromatic heterocycles. The average molecular weight is 308 g/mol. The van der Waals surface area contributed by atoms with Gasteiger partial charge in [0.1, 0.15) is 5.56 Å². The number of carbonyl (C=O) groups is 1. The number of halogens is 5. The smallest absolute Gasteiger partial charge is 0.257 e. The van der Waals surface area contributed by atoms with Crippen LogP contribution in [0.5, 0.6) is 0 Å². The number of benzene rings is 1. The summed E-state index contributed by atoms with van der Waals surface area (Å²) in [5, 5.41) is 5.32. The second-order valence-electron chi connectivity index (χ2n) is 4.78. The SMILES string of the molecule is O=C(NCCC1CCCN1)c1c(F)c(F)c(F)c(F)c1F. The number of hydrogen-bond donors (Lipinski definition) is 2. The van der Waals surface area contributed by atoms with Crippen LogP contribution in [0, 0.1) is 29.1 Å². The lowest BCUT2D eigenvalue weighted by molar-refractivity contribution is 0.0940. The summed E-state index contributed by atoms with van der Waals surface area (Å²) >= 11 is 0. The van der Waals surface area contributed by atoms with Crippen LogP contribution < -0.4 is 10.6 Å². The maximum Gasteiger partial charge on any atom is 0.257 e. The summed E-state index contributed by atoms with van der Waals surface area (Å²) in [7, 11) is 0. The molecule has 1 aromatic rings. The molecule has 21 heavy (non-hydrogen) atoms. The maximum absolute atomic E-state index is 13.4. The molecule has 0 bridgehead atoms. The normalized spacial score (nSPS) is 18.0. The Kier molecular flexibility index (Phi) is 4.76. The van der Waals surface area contributed by atoms with E-state index in [0.29, 0.717) is 6.42 Å². The molecule has 0 radical (unpaired) electrons.